The predicted octanol–water partition coefficient (Wildman–Crippen LogP) is 2.40. The number of rotatable bonds is 7. The summed E-state index contributed by atoms with van der Waals surface area (Å²) >= 11 is 1.80. The summed E-state index contributed by atoms with van der Waals surface area (Å²) in [6.45, 7) is 7.67. The van der Waals surface area contributed by atoms with Gasteiger partial charge in [0.05, 0.1) is 12.9 Å². The Morgan fingerprint density at radius 1 is 1.38 bits per heavy atom. The van der Waals surface area contributed by atoms with Crippen LogP contribution in [0.4, 0.5) is 0 Å². The van der Waals surface area contributed by atoms with E-state index in [0.717, 1.165) is 38.6 Å². The molecule has 21 heavy (non-hydrogen) atoms. The number of imidazole rings is 1. The fraction of sp³-hybridized carbons (Fsp3) is 0.467. The van der Waals surface area contributed by atoms with E-state index in [9.17, 15) is 0 Å². The molecule has 0 aliphatic carbocycles. The Balaban J connectivity index is 1.75. The van der Waals surface area contributed by atoms with Gasteiger partial charge in [-0.05, 0) is 32.4 Å². The maximum atomic E-state index is 4.62. The van der Waals surface area contributed by atoms with Crippen molar-refractivity contribution in [3.05, 3.63) is 40.6 Å². The number of aliphatic imine (C=N–C) groups is 1. The molecule has 0 bridgehead atoms. The van der Waals surface area contributed by atoms with Gasteiger partial charge in [0.25, 0.3) is 0 Å². The van der Waals surface area contributed by atoms with Gasteiger partial charge in [0, 0.05) is 41.8 Å². The Hall–Kier alpha value is -1.82. The highest BCUT2D eigenvalue weighted by atomic mass is 32.1. The van der Waals surface area contributed by atoms with E-state index in [4.69, 9.17) is 0 Å². The van der Waals surface area contributed by atoms with Gasteiger partial charge in [-0.25, -0.2) is 9.98 Å². The Morgan fingerprint density at radius 3 is 2.95 bits per heavy atom. The smallest absolute Gasteiger partial charge is 0.191 e. The predicted molar refractivity (Wildman–Crippen MR) is 88.7 cm³/mol. The monoisotopic (exact) mass is 305 g/mol. The van der Waals surface area contributed by atoms with E-state index in [-0.39, 0.29) is 0 Å². The molecule has 2 aromatic rings. The lowest BCUT2D eigenvalue weighted by Crippen LogP contribution is -2.38. The first-order valence-corrected chi connectivity index (χ1v) is 8.13. The summed E-state index contributed by atoms with van der Waals surface area (Å²) < 4.78 is 2.08. The van der Waals surface area contributed by atoms with E-state index in [2.05, 4.69) is 51.2 Å². The van der Waals surface area contributed by atoms with Gasteiger partial charge in [-0.1, -0.05) is 0 Å². The second-order valence-electron chi connectivity index (χ2n) is 4.79. The third-order valence-corrected chi connectivity index (χ3v) is 3.96. The summed E-state index contributed by atoms with van der Waals surface area (Å²) in [4.78, 5) is 11.3. The van der Waals surface area contributed by atoms with Crippen LogP contribution in [0.15, 0.2) is 35.8 Å². The van der Waals surface area contributed by atoms with Crippen LogP contribution in [0, 0.1) is 6.92 Å². The van der Waals surface area contributed by atoms with Crippen molar-refractivity contribution in [2.45, 2.75) is 33.4 Å². The summed E-state index contributed by atoms with van der Waals surface area (Å²) in [6, 6.07) is 4.28. The minimum atomic E-state index is 0.732. The van der Waals surface area contributed by atoms with Crippen LogP contribution in [0.3, 0.4) is 0 Å². The number of hydrogen-bond donors (Lipinski definition) is 2. The molecule has 114 valence electrons. The molecule has 0 aliphatic rings. The molecule has 0 fully saturated rings. The molecule has 5 nitrogen and oxygen atoms in total. The first kappa shape index (κ1) is 15.6. The van der Waals surface area contributed by atoms with E-state index in [1.54, 1.807) is 11.3 Å². The van der Waals surface area contributed by atoms with Crippen molar-refractivity contribution < 1.29 is 0 Å². The third-order valence-electron chi connectivity index (χ3n) is 2.98. The van der Waals surface area contributed by atoms with E-state index in [0.29, 0.717) is 0 Å². The molecule has 2 N–H and O–H groups in total. The van der Waals surface area contributed by atoms with Crippen molar-refractivity contribution in [1.82, 2.24) is 20.2 Å². The Labute approximate surface area is 130 Å². The normalized spacial score (nSPS) is 11.6. The summed E-state index contributed by atoms with van der Waals surface area (Å²) in [6.07, 6.45) is 6.68. The SMILES string of the molecule is CCNC(=NCc1ccc(C)s1)NCCCn1ccnc1. The molecule has 0 aliphatic heterocycles. The zero-order chi connectivity index (χ0) is 14.9. The summed E-state index contributed by atoms with van der Waals surface area (Å²) in [7, 11) is 0. The van der Waals surface area contributed by atoms with E-state index in [1.165, 1.54) is 9.75 Å². The van der Waals surface area contributed by atoms with Crippen LogP contribution in [0.2, 0.25) is 0 Å². The molecular weight excluding hydrogens is 282 g/mol. The molecule has 0 atom stereocenters. The first-order chi connectivity index (χ1) is 10.3. The Morgan fingerprint density at radius 2 is 2.29 bits per heavy atom. The molecule has 0 radical (unpaired) electrons. The molecule has 6 heteroatoms. The van der Waals surface area contributed by atoms with Crippen LogP contribution in [0.5, 0.6) is 0 Å². The summed E-state index contributed by atoms with van der Waals surface area (Å²) in [5.41, 5.74) is 0. The highest BCUT2D eigenvalue weighted by molar-refractivity contribution is 7.11. The quantitative estimate of drug-likeness (QED) is 0.469. The van der Waals surface area contributed by atoms with Crippen molar-refractivity contribution in [2.24, 2.45) is 4.99 Å². The Kier molecular flexibility index (Phi) is 6.27. The fourth-order valence-electron chi connectivity index (χ4n) is 1.96. The van der Waals surface area contributed by atoms with Crippen molar-refractivity contribution in [2.75, 3.05) is 13.1 Å². The maximum Gasteiger partial charge on any atom is 0.191 e. The molecule has 0 unspecified atom stereocenters. The van der Waals surface area contributed by atoms with Gasteiger partial charge in [-0.2, -0.15) is 0 Å². The minimum Gasteiger partial charge on any atom is -0.357 e. The largest absolute Gasteiger partial charge is 0.357 e. The van der Waals surface area contributed by atoms with Crippen LogP contribution in [-0.4, -0.2) is 28.6 Å². The zero-order valence-electron chi connectivity index (χ0n) is 12.7. The molecule has 2 rings (SSSR count). The molecule has 0 saturated carbocycles. The van der Waals surface area contributed by atoms with Gasteiger partial charge in [-0.3, -0.25) is 0 Å². The van der Waals surface area contributed by atoms with Gasteiger partial charge >= 0.3 is 0 Å². The molecular formula is C15H23N5S. The minimum absolute atomic E-state index is 0.732. The molecule has 0 saturated heterocycles. The van der Waals surface area contributed by atoms with Crippen LogP contribution in [-0.2, 0) is 13.1 Å². The summed E-state index contributed by atoms with van der Waals surface area (Å²) in [5, 5.41) is 6.65. The molecule has 0 aromatic carbocycles. The maximum absolute atomic E-state index is 4.62. The standard InChI is InChI=1S/C15H23N5S/c1-3-17-15(19-11-14-6-5-13(2)21-14)18-7-4-9-20-10-8-16-12-20/h5-6,8,10,12H,3-4,7,9,11H2,1-2H3,(H2,17,18,19). The van der Waals surface area contributed by atoms with Gasteiger partial charge in [0.2, 0.25) is 0 Å². The van der Waals surface area contributed by atoms with E-state index in [1.807, 2.05) is 18.7 Å². The molecule has 0 spiro atoms. The van der Waals surface area contributed by atoms with Crippen molar-refractivity contribution in [3.63, 3.8) is 0 Å². The second kappa shape index (κ2) is 8.46. The fourth-order valence-corrected chi connectivity index (χ4v) is 2.77. The molecule has 2 aromatic heterocycles. The molecule has 2 heterocycles. The lowest BCUT2D eigenvalue weighted by atomic mass is 10.4. The number of nitrogens with one attached hydrogen (secondary N) is 2. The number of aryl methyl sites for hydroxylation is 2. The number of hydrogen-bond acceptors (Lipinski definition) is 3. The van der Waals surface area contributed by atoms with Crippen LogP contribution >= 0.6 is 11.3 Å². The van der Waals surface area contributed by atoms with Gasteiger partial charge in [-0.15, -0.1) is 11.3 Å². The average molecular weight is 305 g/mol. The number of guanidine groups is 1. The number of aromatic nitrogens is 2. The average Bonchev–Trinajstić information content (AvgIpc) is 3.12. The molecule has 0 amide bonds. The van der Waals surface area contributed by atoms with Crippen molar-refractivity contribution in [3.8, 4) is 0 Å². The lowest BCUT2D eigenvalue weighted by Gasteiger charge is -2.11. The summed E-state index contributed by atoms with van der Waals surface area (Å²) in [5.74, 6) is 0.884. The van der Waals surface area contributed by atoms with Crippen LogP contribution < -0.4 is 10.6 Å². The Bertz CT molecular complexity index is 544. The van der Waals surface area contributed by atoms with Crippen LogP contribution in [0.25, 0.3) is 0 Å². The topological polar surface area (TPSA) is 54.2 Å². The zero-order valence-corrected chi connectivity index (χ0v) is 13.5. The van der Waals surface area contributed by atoms with Crippen molar-refractivity contribution >= 4 is 17.3 Å². The first-order valence-electron chi connectivity index (χ1n) is 7.31. The van der Waals surface area contributed by atoms with Gasteiger partial charge in [0.15, 0.2) is 5.96 Å². The second-order valence-corrected chi connectivity index (χ2v) is 6.16. The number of thiophene rings is 1. The number of nitrogens with zero attached hydrogens (tertiary/aromatic N) is 3. The third kappa shape index (κ3) is 5.59. The highest BCUT2D eigenvalue weighted by Gasteiger charge is 1.99. The highest BCUT2D eigenvalue weighted by Crippen LogP contribution is 2.15. The lowest BCUT2D eigenvalue weighted by molar-refractivity contribution is 0.625. The van der Waals surface area contributed by atoms with Crippen LogP contribution in [0.1, 0.15) is 23.1 Å². The van der Waals surface area contributed by atoms with Crippen molar-refractivity contribution in [1.29, 1.82) is 0 Å². The van der Waals surface area contributed by atoms with Gasteiger partial charge < -0.3 is 15.2 Å². The van der Waals surface area contributed by atoms with Gasteiger partial charge in [0.1, 0.15) is 0 Å². The van der Waals surface area contributed by atoms with E-state index >= 15 is 0 Å². The van der Waals surface area contributed by atoms with E-state index < -0.39 is 0 Å².